The van der Waals surface area contributed by atoms with Crippen molar-refractivity contribution in [2.24, 2.45) is 0 Å². The summed E-state index contributed by atoms with van der Waals surface area (Å²) in [6.07, 6.45) is 0.237. The molecule has 1 aromatic rings. The van der Waals surface area contributed by atoms with Gasteiger partial charge >= 0.3 is 0 Å². The van der Waals surface area contributed by atoms with E-state index in [0.717, 1.165) is 11.1 Å². The van der Waals surface area contributed by atoms with Gasteiger partial charge in [-0.3, -0.25) is 9.63 Å². The molecule has 0 heterocycles. The highest BCUT2D eigenvalue weighted by Crippen LogP contribution is 2.10. The van der Waals surface area contributed by atoms with Crippen LogP contribution in [0.2, 0.25) is 0 Å². The van der Waals surface area contributed by atoms with Crippen molar-refractivity contribution < 1.29 is 14.7 Å². The lowest BCUT2D eigenvalue weighted by Crippen LogP contribution is -2.27. The molecule has 1 rings (SSSR count). The van der Waals surface area contributed by atoms with Crippen LogP contribution in [-0.4, -0.2) is 30.2 Å². The van der Waals surface area contributed by atoms with Gasteiger partial charge in [-0.05, 0) is 11.1 Å². The summed E-state index contributed by atoms with van der Waals surface area (Å²) in [6.45, 7) is -0.0554. The number of aliphatic hydroxyl groups is 1. The summed E-state index contributed by atoms with van der Waals surface area (Å²) in [5.74, 6) is -0.140. The van der Waals surface area contributed by atoms with Crippen LogP contribution in [0.15, 0.2) is 24.3 Å². The number of amides is 1. The number of aliphatic hydroxyl groups excluding tert-OH is 1. The molecule has 0 saturated heterocycles. The summed E-state index contributed by atoms with van der Waals surface area (Å²) in [5.41, 5.74) is 1.60. The van der Waals surface area contributed by atoms with E-state index in [-0.39, 0.29) is 18.9 Å². The first-order valence-electron chi connectivity index (χ1n) is 4.67. The van der Waals surface area contributed by atoms with E-state index in [2.05, 4.69) is 0 Å². The third-order valence-corrected chi connectivity index (χ3v) is 2.26. The van der Waals surface area contributed by atoms with Crippen LogP contribution in [0.5, 0.6) is 0 Å². The topological polar surface area (TPSA) is 49.8 Å². The minimum Gasteiger partial charge on any atom is -0.392 e. The second-order valence-electron chi connectivity index (χ2n) is 3.18. The second-order valence-corrected chi connectivity index (χ2v) is 3.18. The highest BCUT2D eigenvalue weighted by molar-refractivity contribution is 5.77. The second kappa shape index (κ2) is 5.48. The van der Waals surface area contributed by atoms with Gasteiger partial charge in [-0.25, -0.2) is 5.06 Å². The Morgan fingerprint density at radius 3 is 2.53 bits per heavy atom. The van der Waals surface area contributed by atoms with Crippen molar-refractivity contribution in [3.05, 3.63) is 35.4 Å². The molecule has 0 atom stereocenters. The molecule has 1 amide bonds. The smallest absolute Gasteiger partial charge is 0.250 e. The fourth-order valence-electron chi connectivity index (χ4n) is 1.26. The van der Waals surface area contributed by atoms with Gasteiger partial charge in [-0.15, -0.1) is 0 Å². The zero-order valence-electron chi connectivity index (χ0n) is 8.93. The van der Waals surface area contributed by atoms with Crippen LogP contribution >= 0.6 is 0 Å². The van der Waals surface area contributed by atoms with Gasteiger partial charge < -0.3 is 5.11 Å². The van der Waals surface area contributed by atoms with Crippen molar-refractivity contribution in [2.75, 3.05) is 14.2 Å². The molecule has 0 unspecified atom stereocenters. The number of benzene rings is 1. The summed E-state index contributed by atoms with van der Waals surface area (Å²) in [5, 5.41) is 10.2. The fourth-order valence-corrected chi connectivity index (χ4v) is 1.26. The average Bonchev–Trinajstić information content (AvgIpc) is 2.28. The third-order valence-electron chi connectivity index (χ3n) is 2.26. The summed E-state index contributed by atoms with van der Waals surface area (Å²) in [6, 6.07) is 7.30. The maximum Gasteiger partial charge on any atom is 0.250 e. The lowest BCUT2D eigenvalue weighted by molar-refractivity contribution is -0.167. The van der Waals surface area contributed by atoms with Crippen LogP contribution in [0.25, 0.3) is 0 Å². The monoisotopic (exact) mass is 209 g/mol. The van der Waals surface area contributed by atoms with Crippen LogP contribution in [-0.2, 0) is 22.7 Å². The highest BCUT2D eigenvalue weighted by atomic mass is 16.7. The van der Waals surface area contributed by atoms with Gasteiger partial charge in [0.05, 0.1) is 20.1 Å². The molecule has 0 bridgehead atoms. The van der Waals surface area contributed by atoms with Crippen molar-refractivity contribution in [1.29, 1.82) is 0 Å². The number of carbonyl (C=O) groups excluding carboxylic acids is 1. The number of nitrogens with zero attached hydrogens (tertiary/aromatic N) is 1. The number of hydrogen-bond donors (Lipinski definition) is 1. The van der Waals surface area contributed by atoms with E-state index in [1.165, 1.54) is 12.2 Å². The molecule has 0 aliphatic heterocycles. The quantitative estimate of drug-likeness (QED) is 0.744. The molecule has 0 spiro atoms. The lowest BCUT2D eigenvalue weighted by Gasteiger charge is -2.14. The van der Waals surface area contributed by atoms with E-state index >= 15 is 0 Å². The Hall–Kier alpha value is -1.39. The molecular formula is C11H15NO3. The first-order chi connectivity index (χ1) is 7.19. The van der Waals surface area contributed by atoms with Crippen molar-refractivity contribution in [3.8, 4) is 0 Å². The molecule has 15 heavy (non-hydrogen) atoms. The van der Waals surface area contributed by atoms with Gasteiger partial charge in [0, 0.05) is 7.05 Å². The molecule has 0 saturated carbocycles. The molecular weight excluding hydrogens is 194 g/mol. The maximum absolute atomic E-state index is 11.5. The minimum absolute atomic E-state index is 0.0554. The van der Waals surface area contributed by atoms with Crippen molar-refractivity contribution in [3.63, 3.8) is 0 Å². The largest absolute Gasteiger partial charge is 0.392 e. The van der Waals surface area contributed by atoms with E-state index < -0.39 is 0 Å². The molecule has 0 aromatic heterocycles. The molecule has 0 aliphatic carbocycles. The molecule has 82 valence electrons. The summed E-state index contributed by atoms with van der Waals surface area (Å²) >= 11 is 0. The fraction of sp³-hybridized carbons (Fsp3) is 0.364. The first kappa shape index (κ1) is 11.7. The molecule has 4 heteroatoms. The Balaban J connectivity index is 2.76. The van der Waals surface area contributed by atoms with Gasteiger partial charge in [0.25, 0.3) is 0 Å². The zero-order valence-corrected chi connectivity index (χ0v) is 8.93. The summed E-state index contributed by atoms with van der Waals surface area (Å²) in [4.78, 5) is 16.3. The number of rotatable bonds is 4. The Kier molecular flexibility index (Phi) is 4.27. The number of hydroxylamine groups is 2. The molecule has 0 aliphatic rings. The molecule has 1 N–H and O–H groups in total. The van der Waals surface area contributed by atoms with Gasteiger partial charge in [-0.2, -0.15) is 0 Å². The van der Waals surface area contributed by atoms with Crippen LogP contribution in [0.1, 0.15) is 11.1 Å². The van der Waals surface area contributed by atoms with Crippen molar-refractivity contribution >= 4 is 5.91 Å². The molecule has 0 radical (unpaired) electrons. The Morgan fingerprint density at radius 2 is 2.00 bits per heavy atom. The van der Waals surface area contributed by atoms with Gasteiger partial charge in [-0.1, -0.05) is 24.3 Å². The van der Waals surface area contributed by atoms with Crippen LogP contribution in [0, 0.1) is 0 Å². The maximum atomic E-state index is 11.5. The number of carbonyl (C=O) groups is 1. The number of likely N-dealkylation sites (N-methyl/N-ethyl adjacent to an activating group) is 1. The lowest BCUT2D eigenvalue weighted by atomic mass is 10.1. The molecule has 1 aromatic carbocycles. The predicted octanol–water partition coefficient (Wildman–Crippen LogP) is 0.741. The molecule has 4 nitrogen and oxygen atoms in total. The van der Waals surface area contributed by atoms with E-state index in [1.54, 1.807) is 13.1 Å². The first-order valence-corrected chi connectivity index (χ1v) is 4.67. The summed E-state index contributed by atoms with van der Waals surface area (Å²) < 4.78 is 0. The van der Waals surface area contributed by atoms with E-state index in [4.69, 9.17) is 9.94 Å². The van der Waals surface area contributed by atoms with Crippen LogP contribution < -0.4 is 0 Å². The normalized spacial score (nSPS) is 10.1. The van der Waals surface area contributed by atoms with Gasteiger partial charge in [0.2, 0.25) is 5.91 Å². The standard InChI is InChI=1S/C11H15NO3/c1-12(15-2)11(14)7-9-5-3-4-6-10(9)8-13/h3-6,13H,7-8H2,1-2H3. The molecule has 0 fully saturated rings. The third kappa shape index (κ3) is 3.04. The van der Waals surface area contributed by atoms with E-state index in [9.17, 15) is 4.79 Å². The highest BCUT2D eigenvalue weighted by Gasteiger charge is 2.10. The van der Waals surface area contributed by atoms with Crippen molar-refractivity contribution in [2.45, 2.75) is 13.0 Å². The Morgan fingerprint density at radius 1 is 1.40 bits per heavy atom. The van der Waals surface area contributed by atoms with E-state index in [1.807, 2.05) is 18.2 Å². The Labute approximate surface area is 89.0 Å². The van der Waals surface area contributed by atoms with Gasteiger partial charge in [0.1, 0.15) is 0 Å². The SMILES string of the molecule is CON(C)C(=O)Cc1ccccc1CO. The van der Waals surface area contributed by atoms with Crippen LogP contribution in [0.3, 0.4) is 0 Å². The zero-order chi connectivity index (χ0) is 11.3. The number of hydrogen-bond acceptors (Lipinski definition) is 3. The van der Waals surface area contributed by atoms with E-state index in [0.29, 0.717) is 0 Å². The average molecular weight is 209 g/mol. The van der Waals surface area contributed by atoms with Gasteiger partial charge in [0.15, 0.2) is 0 Å². The minimum atomic E-state index is -0.140. The van der Waals surface area contributed by atoms with Crippen molar-refractivity contribution in [1.82, 2.24) is 5.06 Å². The van der Waals surface area contributed by atoms with Crippen LogP contribution in [0.4, 0.5) is 0 Å². The summed E-state index contributed by atoms with van der Waals surface area (Å²) in [7, 11) is 3.00. The Bertz CT molecular complexity index is 338. The predicted molar refractivity (Wildman–Crippen MR) is 55.8 cm³/mol.